The first-order valence-corrected chi connectivity index (χ1v) is 8.89. The SMILES string of the molecule is CON=C1/C=C\C[C@H](C)OC(=O)c2c(O)cc(O)c(Cl)c2/C=C/C[C@H](O)[C@@H]1O. The van der Waals surface area contributed by atoms with Gasteiger partial charge in [-0.2, -0.15) is 0 Å². The molecule has 0 saturated heterocycles. The zero-order chi connectivity index (χ0) is 20.8. The number of benzene rings is 1. The molecule has 2 rings (SSSR count). The van der Waals surface area contributed by atoms with Gasteiger partial charge in [0, 0.05) is 18.1 Å². The van der Waals surface area contributed by atoms with E-state index < -0.39 is 35.8 Å². The van der Waals surface area contributed by atoms with E-state index in [-0.39, 0.29) is 34.7 Å². The number of phenolic OH excluding ortho intramolecular Hbond substituents is 2. The molecule has 0 spiro atoms. The monoisotopic (exact) mass is 411 g/mol. The van der Waals surface area contributed by atoms with Gasteiger partial charge in [0.2, 0.25) is 0 Å². The van der Waals surface area contributed by atoms with Gasteiger partial charge in [-0.15, -0.1) is 0 Å². The molecule has 28 heavy (non-hydrogen) atoms. The maximum absolute atomic E-state index is 12.5. The standard InChI is InChI=1S/C19H22ClNO7/c1-10-5-3-7-12(21-27-2)18(25)13(22)8-4-6-11-16(19(26)28-10)14(23)9-15(24)17(11)20/h3-4,6-7,9-10,13,18,22-25H,5,8H2,1-2H3/b6-4+,7-3-,21-12?/t10-,13-,18+/m0/s1. The van der Waals surface area contributed by atoms with Crippen LogP contribution in [0.5, 0.6) is 11.5 Å². The van der Waals surface area contributed by atoms with Crippen molar-refractivity contribution in [2.24, 2.45) is 5.16 Å². The number of halogens is 1. The van der Waals surface area contributed by atoms with Gasteiger partial charge in [0.25, 0.3) is 0 Å². The number of esters is 1. The van der Waals surface area contributed by atoms with E-state index in [1.807, 2.05) is 0 Å². The van der Waals surface area contributed by atoms with Crippen LogP contribution >= 0.6 is 11.6 Å². The van der Waals surface area contributed by atoms with Crippen LogP contribution in [0.25, 0.3) is 6.08 Å². The van der Waals surface area contributed by atoms with E-state index in [0.717, 1.165) is 6.07 Å². The lowest BCUT2D eigenvalue weighted by Gasteiger charge is -2.18. The summed E-state index contributed by atoms with van der Waals surface area (Å²) in [5, 5.41) is 44.0. The van der Waals surface area contributed by atoms with Gasteiger partial charge in [0.1, 0.15) is 42.1 Å². The molecule has 0 fully saturated rings. The molecule has 0 unspecified atom stereocenters. The third-order valence-corrected chi connectivity index (χ3v) is 4.45. The van der Waals surface area contributed by atoms with Gasteiger partial charge in [-0.25, -0.2) is 4.79 Å². The number of cyclic esters (lactones) is 1. The highest BCUT2D eigenvalue weighted by Crippen LogP contribution is 2.37. The van der Waals surface area contributed by atoms with E-state index in [9.17, 15) is 25.2 Å². The van der Waals surface area contributed by atoms with Crippen molar-refractivity contribution < 1.29 is 34.8 Å². The molecule has 1 aliphatic rings. The lowest BCUT2D eigenvalue weighted by molar-refractivity contribution is 0.0344. The van der Waals surface area contributed by atoms with E-state index >= 15 is 0 Å². The number of oxime groups is 1. The fourth-order valence-electron chi connectivity index (χ4n) is 2.63. The van der Waals surface area contributed by atoms with Crippen LogP contribution in [0.3, 0.4) is 0 Å². The van der Waals surface area contributed by atoms with Crippen molar-refractivity contribution in [2.75, 3.05) is 7.11 Å². The third kappa shape index (κ3) is 5.03. The molecule has 3 atom stereocenters. The van der Waals surface area contributed by atoms with Crippen LogP contribution < -0.4 is 0 Å². The van der Waals surface area contributed by atoms with Crippen LogP contribution in [-0.4, -0.2) is 57.5 Å². The second-order valence-electron chi connectivity index (χ2n) is 6.22. The zero-order valence-electron chi connectivity index (χ0n) is 15.4. The Morgan fingerprint density at radius 3 is 2.54 bits per heavy atom. The lowest BCUT2D eigenvalue weighted by atomic mass is 10.0. The topological polar surface area (TPSA) is 129 Å². The lowest BCUT2D eigenvalue weighted by Crippen LogP contribution is -2.32. The number of aliphatic hydroxyl groups is 2. The fourth-order valence-corrected chi connectivity index (χ4v) is 2.84. The number of aliphatic hydroxyl groups excluding tert-OH is 2. The van der Waals surface area contributed by atoms with E-state index in [2.05, 4.69) is 5.16 Å². The molecule has 1 aromatic carbocycles. The quantitative estimate of drug-likeness (QED) is 0.412. The summed E-state index contributed by atoms with van der Waals surface area (Å²) in [4.78, 5) is 17.2. The third-order valence-electron chi connectivity index (χ3n) is 4.06. The van der Waals surface area contributed by atoms with Crippen molar-refractivity contribution in [2.45, 2.75) is 38.1 Å². The summed E-state index contributed by atoms with van der Waals surface area (Å²) in [6.45, 7) is 1.64. The zero-order valence-corrected chi connectivity index (χ0v) is 16.1. The Morgan fingerprint density at radius 2 is 1.86 bits per heavy atom. The molecule has 1 aromatic rings. The van der Waals surface area contributed by atoms with Crippen molar-refractivity contribution in [3.63, 3.8) is 0 Å². The first-order valence-electron chi connectivity index (χ1n) is 8.51. The minimum atomic E-state index is -1.32. The summed E-state index contributed by atoms with van der Waals surface area (Å²) < 4.78 is 5.33. The Hall–Kier alpha value is -2.55. The number of carbonyl (C=O) groups excluding carboxylic acids is 1. The second kappa shape index (κ2) is 9.59. The van der Waals surface area contributed by atoms with Gasteiger partial charge in [-0.1, -0.05) is 35.0 Å². The highest BCUT2D eigenvalue weighted by Gasteiger charge is 2.25. The number of fused-ring (bicyclic) bond motifs is 1. The summed E-state index contributed by atoms with van der Waals surface area (Å²) in [6, 6.07) is 0.954. The first-order chi connectivity index (χ1) is 13.3. The number of hydrogen-bond acceptors (Lipinski definition) is 8. The average molecular weight is 412 g/mol. The molecule has 0 aliphatic carbocycles. The summed E-state index contributed by atoms with van der Waals surface area (Å²) in [7, 11) is 1.31. The van der Waals surface area contributed by atoms with Gasteiger partial charge >= 0.3 is 5.97 Å². The number of aromatic hydroxyl groups is 2. The van der Waals surface area contributed by atoms with Crippen LogP contribution in [-0.2, 0) is 9.57 Å². The Bertz CT molecular complexity index is 819. The number of hydrogen-bond donors (Lipinski definition) is 4. The van der Waals surface area contributed by atoms with E-state index in [0.29, 0.717) is 0 Å². The Kier molecular flexibility index (Phi) is 7.45. The molecule has 0 bridgehead atoms. The van der Waals surface area contributed by atoms with Crippen molar-refractivity contribution in [3.8, 4) is 11.5 Å². The molecule has 1 aliphatic heterocycles. The minimum Gasteiger partial charge on any atom is -0.507 e. The average Bonchev–Trinajstić information content (AvgIpc) is 2.63. The molecule has 9 heteroatoms. The predicted octanol–water partition coefficient (Wildman–Crippen LogP) is 2.38. The summed E-state index contributed by atoms with van der Waals surface area (Å²) >= 11 is 6.09. The summed E-state index contributed by atoms with van der Waals surface area (Å²) in [6.07, 6.45) is 2.98. The second-order valence-corrected chi connectivity index (χ2v) is 6.60. The van der Waals surface area contributed by atoms with Crippen LogP contribution in [0.1, 0.15) is 35.7 Å². The smallest absolute Gasteiger partial charge is 0.342 e. The molecule has 4 N–H and O–H groups in total. The largest absolute Gasteiger partial charge is 0.507 e. The maximum atomic E-state index is 12.5. The van der Waals surface area contributed by atoms with Crippen molar-refractivity contribution >= 4 is 29.4 Å². The Labute approximate surface area is 167 Å². The summed E-state index contributed by atoms with van der Waals surface area (Å²) in [5.74, 6) is -1.72. The Morgan fingerprint density at radius 1 is 1.18 bits per heavy atom. The van der Waals surface area contributed by atoms with Gasteiger partial charge in [-0.3, -0.25) is 0 Å². The number of phenols is 2. The van der Waals surface area contributed by atoms with Crippen molar-refractivity contribution in [1.82, 2.24) is 0 Å². The molecule has 0 amide bonds. The van der Waals surface area contributed by atoms with Gasteiger partial charge in [0.05, 0.1) is 11.1 Å². The summed E-state index contributed by atoms with van der Waals surface area (Å²) in [5.41, 5.74) is -0.0623. The minimum absolute atomic E-state index is 0.0324. The van der Waals surface area contributed by atoms with Gasteiger partial charge < -0.3 is 30.0 Å². The van der Waals surface area contributed by atoms with Gasteiger partial charge in [0.15, 0.2) is 0 Å². The fraction of sp³-hybridized carbons (Fsp3) is 0.368. The van der Waals surface area contributed by atoms with E-state index in [1.165, 1.54) is 25.3 Å². The molecule has 0 aromatic heterocycles. The normalized spacial score (nSPS) is 27.4. The van der Waals surface area contributed by atoms with Crippen LogP contribution in [0.4, 0.5) is 0 Å². The first kappa shape index (κ1) is 21.7. The van der Waals surface area contributed by atoms with Crippen molar-refractivity contribution in [1.29, 1.82) is 0 Å². The molecular weight excluding hydrogens is 390 g/mol. The molecular formula is C19H22ClNO7. The molecule has 0 radical (unpaired) electrons. The molecule has 0 saturated carbocycles. The van der Waals surface area contributed by atoms with Crippen LogP contribution in [0.2, 0.25) is 5.02 Å². The molecule has 1 heterocycles. The van der Waals surface area contributed by atoms with Gasteiger partial charge in [-0.05, 0) is 19.4 Å². The number of rotatable bonds is 1. The maximum Gasteiger partial charge on any atom is 0.342 e. The van der Waals surface area contributed by atoms with Crippen LogP contribution in [0.15, 0.2) is 29.5 Å². The van der Waals surface area contributed by atoms with E-state index in [4.69, 9.17) is 21.2 Å². The number of carbonyl (C=O) groups is 1. The molecule has 8 nitrogen and oxygen atoms in total. The number of nitrogens with zero attached hydrogens (tertiary/aromatic N) is 1. The van der Waals surface area contributed by atoms with Crippen molar-refractivity contribution in [3.05, 3.63) is 40.4 Å². The number of ether oxygens (including phenoxy) is 1. The van der Waals surface area contributed by atoms with Crippen LogP contribution in [0, 0.1) is 0 Å². The molecule has 152 valence electrons. The Balaban J connectivity index is 2.51. The predicted molar refractivity (Wildman–Crippen MR) is 104 cm³/mol. The van der Waals surface area contributed by atoms with E-state index in [1.54, 1.807) is 13.0 Å². The highest BCUT2D eigenvalue weighted by atomic mass is 35.5. The highest BCUT2D eigenvalue weighted by molar-refractivity contribution is 6.34.